The highest BCUT2D eigenvalue weighted by molar-refractivity contribution is 7.17. The monoisotopic (exact) mass is 411 g/mol. The number of hydrogen-bond donors (Lipinski definition) is 0. The Morgan fingerprint density at radius 1 is 1.17 bits per heavy atom. The molecule has 4 nitrogen and oxygen atoms in total. The van der Waals surface area contributed by atoms with Gasteiger partial charge in [-0.25, -0.2) is 0 Å². The van der Waals surface area contributed by atoms with Gasteiger partial charge in [0.05, 0.1) is 24.7 Å². The standard InChI is InChI=1S/C24H29NO3S/c1-3-13-27-15-16-28-14-12-25-10-8-21(9-11-25)20-4-6-22(7-5-20)23-17-19(2)24(18-26)29-23/h1,4-7,17-18,21H,8-16H2,2H3. The Hall–Kier alpha value is -1.97. The molecule has 0 saturated carbocycles. The van der Waals surface area contributed by atoms with Gasteiger partial charge < -0.3 is 14.4 Å². The summed E-state index contributed by atoms with van der Waals surface area (Å²) in [5.41, 5.74) is 3.66. The van der Waals surface area contributed by atoms with Crippen molar-refractivity contribution in [3.8, 4) is 22.8 Å². The average Bonchev–Trinajstić information content (AvgIpc) is 3.14. The molecule has 154 valence electrons. The zero-order chi connectivity index (χ0) is 20.5. The molecule has 3 rings (SSSR count). The van der Waals surface area contributed by atoms with E-state index in [0.29, 0.717) is 25.7 Å². The third-order valence-electron chi connectivity index (χ3n) is 5.43. The van der Waals surface area contributed by atoms with Crippen molar-refractivity contribution in [2.24, 2.45) is 0 Å². The molecule has 1 saturated heterocycles. The number of thiophene rings is 1. The quantitative estimate of drug-likeness (QED) is 0.330. The molecule has 1 aliphatic heterocycles. The van der Waals surface area contributed by atoms with E-state index in [2.05, 4.69) is 41.2 Å². The van der Waals surface area contributed by atoms with Crippen molar-refractivity contribution in [1.29, 1.82) is 0 Å². The van der Waals surface area contributed by atoms with E-state index < -0.39 is 0 Å². The Morgan fingerprint density at radius 3 is 2.55 bits per heavy atom. The third-order valence-corrected chi connectivity index (χ3v) is 6.64. The molecule has 0 spiro atoms. The Bertz CT molecular complexity index is 814. The van der Waals surface area contributed by atoms with Crippen LogP contribution in [0.3, 0.4) is 0 Å². The van der Waals surface area contributed by atoms with Crippen molar-refractivity contribution in [2.75, 3.05) is 46.1 Å². The Kier molecular flexibility index (Phi) is 8.45. The molecule has 1 aliphatic rings. The molecule has 0 amide bonds. The van der Waals surface area contributed by atoms with Gasteiger partial charge in [0.15, 0.2) is 6.29 Å². The third kappa shape index (κ3) is 6.25. The highest BCUT2D eigenvalue weighted by Gasteiger charge is 2.20. The van der Waals surface area contributed by atoms with Crippen molar-refractivity contribution in [3.05, 3.63) is 46.3 Å². The summed E-state index contributed by atoms with van der Waals surface area (Å²) in [6, 6.07) is 11.0. The minimum Gasteiger partial charge on any atom is -0.378 e. The number of aryl methyl sites for hydroxylation is 1. The first kappa shape index (κ1) is 21.7. The molecule has 0 unspecified atom stereocenters. The highest BCUT2D eigenvalue weighted by atomic mass is 32.1. The van der Waals surface area contributed by atoms with Crippen LogP contribution in [-0.4, -0.2) is 57.2 Å². The summed E-state index contributed by atoms with van der Waals surface area (Å²) in [5, 5.41) is 0. The van der Waals surface area contributed by atoms with Crippen molar-refractivity contribution in [2.45, 2.75) is 25.7 Å². The van der Waals surface area contributed by atoms with Gasteiger partial charge in [0.2, 0.25) is 0 Å². The lowest BCUT2D eigenvalue weighted by molar-refractivity contribution is 0.0454. The molecule has 0 aliphatic carbocycles. The lowest BCUT2D eigenvalue weighted by Crippen LogP contribution is -2.35. The van der Waals surface area contributed by atoms with E-state index in [1.54, 1.807) is 11.3 Å². The topological polar surface area (TPSA) is 38.8 Å². The Morgan fingerprint density at radius 2 is 1.90 bits per heavy atom. The van der Waals surface area contributed by atoms with Crippen LogP contribution in [0.2, 0.25) is 0 Å². The Labute approximate surface area is 177 Å². The van der Waals surface area contributed by atoms with E-state index in [0.717, 1.165) is 47.8 Å². The van der Waals surface area contributed by atoms with E-state index >= 15 is 0 Å². The van der Waals surface area contributed by atoms with E-state index in [-0.39, 0.29) is 0 Å². The predicted molar refractivity (Wildman–Crippen MR) is 119 cm³/mol. The molecule has 2 heterocycles. The summed E-state index contributed by atoms with van der Waals surface area (Å²) >= 11 is 1.57. The fourth-order valence-corrected chi connectivity index (χ4v) is 4.70. The molecule has 0 bridgehead atoms. The van der Waals surface area contributed by atoms with Gasteiger partial charge in [0, 0.05) is 11.4 Å². The molecule has 5 heteroatoms. The van der Waals surface area contributed by atoms with Crippen molar-refractivity contribution in [1.82, 2.24) is 4.90 Å². The first-order valence-corrected chi connectivity index (χ1v) is 11.0. The summed E-state index contributed by atoms with van der Waals surface area (Å²) in [7, 11) is 0. The summed E-state index contributed by atoms with van der Waals surface area (Å²) < 4.78 is 10.8. The lowest BCUT2D eigenvalue weighted by Gasteiger charge is -2.32. The number of ether oxygens (including phenoxy) is 2. The summed E-state index contributed by atoms with van der Waals surface area (Å²) in [4.78, 5) is 15.5. The van der Waals surface area contributed by atoms with Crippen molar-refractivity contribution in [3.63, 3.8) is 0 Å². The average molecular weight is 412 g/mol. The van der Waals surface area contributed by atoms with Crippen molar-refractivity contribution < 1.29 is 14.3 Å². The highest BCUT2D eigenvalue weighted by Crippen LogP contribution is 2.33. The zero-order valence-electron chi connectivity index (χ0n) is 17.1. The van der Waals surface area contributed by atoms with E-state index in [1.165, 1.54) is 24.0 Å². The molecule has 1 fully saturated rings. The minimum absolute atomic E-state index is 0.352. The first-order chi connectivity index (χ1) is 14.2. The molecular formula is C24H29NO3S. The van der Waals surface area contributed by atoms with Crippen LogP contribution in [0.15, 0.2) is 30.3 Å². The van der Waals surface area contributed by atoms with Crippen LogP contribution in [-0.2, 0) is 9.47 Å². The SMILES string of the molecule is C#CCOCCOCCN1CCC(c2ccc(-c3cc(C)c(C=O)s3)cc2)CC1. The van der Waals surface area contributed by atoms with Gasteiger partial charge in [-0.15, -0.1) is 17.8 Å². The summed E-state index contributed by atoms with van der Waals surface area (Å²) in [5.74, 6) is 3.07. The van der Waals surface area contributed by atoms with Crippen LogP contribution < -0.4 is 0 Å². The molecular weight excluding hydrogens is 382 g/mol. The number of piperidine rings is 1. The van der Waals surface area contributed by atoms with Gasteiger partial charge in [-0.1, -0.05) is 30.2 Å². The molecule has 1 aromatic heterocycles. The molecule has 0 atom stereocenters. The number of nitrogens with zero attached hydrogens (tertiary/aromatic N) is 1. The molecule has 29 heavy (non-hydrogen) atoms. The van der Waals surface area contributed by atoms with E-state index in [9.17, 15) is 4.79 Å². The lowest BCUT2D eigenvalue weighted by atomic mass is 9.89. The van der Waals surface area contributed by atoms with E-state index in [4.69, 9.17) is 15.9 Å². The van der Waals surface area contributed by atoms with E-state index in [1.807, 2.05) is 6.92 Å². The van der Waals surface area contributed by atoms with Gasteiger partial charge >= 0.3 is 0 Å². The summed E-state index contributed by atoms with van der Waals surface area (Å²) in [6.07, 6.45) is 8.44. The predicted octanol–water partition coefficient (Wildman–Crippen LogP) is 4.38. The zero-order valence-corrected chi connectivity index (χ0v) is 17.9. The van der Waals surface area contributed by atoms with Crippen LogP contribution in [0.1, 0.15) is 39.6 Å². The van der Waals surface area contributed by atoms with Gasteiger partial charge in [-0.3, -0.25) is 4.79 Å². The van der Waals surface area contributed by atoms with Crippen LogP contribution in [0.5, 0.6) is 0 Å². The molecule has 0 N–H and O–H groups in total. The normalized spacial score (nSPS) is 15.3. The number of terminal acetylenes is 1. The van der Waals surface area contributed by atoms with Crippen LogP contribution in [0.4, 0.5) is 0 Å². The number of hydrogen-bond acceptors (Lipinski definition) is 5. The van der Waals surface area contributed by atoms with Gasteiger partial charge in [0.1, 0.15) is 6.61 Å². The number of rotatable bonds is 10. The van der Waals surface area contributed by atoms with Crippen molar-refractivity contribution >= 4 is 17.6 Å². The number of carbonyl (C=O) groups is 1. The Balaban J connectivity index is 1.41. The number of carbonyl (C=O) groups excluding carboxylic acids is 1. The maximum absolute atomic E-state index is 11.1. The second-order valence-electron chi connectivity index (χ2n) is 7.38. The number of likely N-dealkylation sites (tertiary alicyclic amines) is 1. The van der Waals surface area contributed by atoms with Gasteiger partial charge in [0.25, 0.3) is 0 Å². The van der Waals surface area contributed by atoms with Crippen LogP contribution in [0, 0.1) is 19.3 Å². The van der Waals surface area contributed by atoms with Gasteiger partial charge in [-0.2, -0.15) is 0 Å². The second kappa shape index (κ2) is 11.3. The molecule has 1 aromatic carbocycles. The smallest absolute Gasteiger partial charge is 0.160 e. The second-order valence-corrected chi connectivity index (χ2v) is 8.47. The maximum Gasteiger partial charge on any atom is 0.160 e. The number of benzene rings is 1. The maximum atomic E-state index is 11.1. The van der Waals surface area contributed by atoms with Crippen LogP contribution in [0.25, 0.3) is 10.4 Å². The fraction of sp³-hybridized carbons (Fsp3) is 0.458. The molecule has 2 aromatic rings. The first-order valence-electron chi connectivity index (χ1n) is 10.2. The van der Waals surface area contributed by atoms with Gasteiger partial charge in [-0.05, 0) is 61.5 Å². The fourth-order valence-electron chi connectivity index (χ4n) is 3.71. The molecule has 0 radical (unpaired) electrons. The summed E-state index contributed by atoms with van der Waals surface area (Å²) in [6.45, 7) is 7.42. The number of aldehydes is 1. The van der Waals surface area contributed by atoms with Crippen LogP contribution >= 0.6 is 11.3 Å². The largest absolute Gasteiger partial charge is 0.378 e. The minimum atomic E-state index is 0.352.